The van der Waals surface area contributed by atoms with Gasteiger partial charge in [-0.3, -0.25) is 14.5 Å². The lowest BCUT2D eigenvalue weighted by Gasteiger charge is -2.08. The number of hydrogen-bond acceptors (Lipinski definition) is 6. The van der Waals surface area contributed by atoms with E-state index in [1.807, 2.05) is 41.0 Å². The average molecular weight is 414 g/mol. The smallest absolute Gasteiger partial charge is 0.237 e. The number of fused-ring (bicyclic) bond motifs is 6. The fourth-order valence-corrected chi connectivity index (χ4v) is 4.38. The molecule has 6 heterocycles. The minimum Gasteiger partial charge on any atom is -0.306 e. The van der Waals surface area contributed by atoms with Crippen molar-refractivity contribution in [3.63, 3.8) is 0 Å². The molecule has 150 valence electrons. The molecule has 0 atom stereocenters. The number of nitrogens with zero attached hydrogens (tertiary/aromatic N) is 8. The Morgan fingerprint density at radius 1 is 0.531 bits per heavy atom. The summed E-state index contributed by atoms with van der Waals surface area (Å²) in [6, 6.07) is 20.3. The van der Waals surface area contributed by atoms with E-state index in [-0.39, 0.29) is 0 Å². The van der Waals surface area contributed by atoms with E-state index in [1.54, 1.807) is 12.4 Å². The van der Waals surface area contributed by atoms with Crippen LogP contribution in [0.1, 0.15) is 0 Å². The lowest BCUT2D eigenvalue weighted by Crippen LogP contribution is -2.01. The third-order valence-electron chi connectivity index (χ3n) is 5.66. The van der Waals surface area contributed by atoms with Crippen LogP contribution in [-0.2, 0) is 0 Å². The molecule has 0 spiro atoms. The zero-order chi connectivity index (χ0) is 21.1. The summed E-state index contributed by atoms with van der Waals surface area (Å²) in [5.74, 6) is 0.523. The number of benzene rings is 1. The Labute approximate surface area is 180 Å². The summed E-state index contributed by atoms with van der Waals surface area (Å²) in [4.78, 5) is 27.1. The van der Waals surface area contributed by atoms with Crippen LogP contribution < -0.4 is 0 Å². The Morgan fingerprint density at radius 2 is 1.16 bits per heavy atom. The van der Waals surface area contributed by atoms with Gasteiger partial charge in [0.15, 0.2) is 0 Å². The van der Waals surface area contributed by atoms with Crippen molar-refractivity contribution in [1.29, 1.82) is 0 Å². The highest BCUT2D eigenvalue weighted by molar-refractivity contribution is 6.13. The molecule has 32 heavy (non-hydrogen) atoms. The van der Waals surface area contributed by atoms with Crippen LogP contribution in [0.5, 0.6) is 0 Å². The third-order valence-corrected chi connectivity index (χ3v) is 5.66. The first-order chi connectivity index (χ1) is 15.9. The molecule has 0 fully saturated rings. The van der Waals surface area contributed by atoms with Gasteiger partial charge in [0.2, 0.25) is 5.95 Å². The first kappa shape index (κ1) is 17.0. The molecule has 8 nitrogen and oxygen atoms in total. The van der Waals surface area contributed by atoms with Crippen molar-refractivity contribution in [1.82, 2.24) is 39.0 Å². The quantitative estimate of drug-likeness (QED) is 0.420. The summed E-state index contributed by atoms with van der Waals surface area (Å²) in [5, 5.41) is 0. The Kier molecular flexibility index (Phi) is 3.40. The third kappa shape index (κ3) is 2.26. The number of para-hydroxylation sites is 1. The predicted molar refractivity (Wildman–Crippen MR) is 122 cm³/mol. The summed E-state index contributed by atoms with van der Waals surface area (Å²) >= 11 is 0. The van der Waals surface area contributed by atoms with Crippen LogP contribution in [0.2, 0.25) is 0 Å². The second-order valence-electron chi connectivity index (χ2n) is 7.41. The minimum atomic E-state index is 0.523. The molecule has 0 N–H and O–H groups in total. The van der Waals surface area contributed by atoms with Crippen LogP contribution in [0, 0.1) is 0 Å². The standard InChI is InChI=1S/C24H14N8/c1-2-6-15(7-3-1)31-16-8-4-10-26-20(16)22-18(31)12-19-23(30-22)21-17(9-5-11-27-21)32(19)24-28-13-25-14-29-24/h1-14H. The van der Waals surface area contributed by atoms with Gasteiger partial charge in [-0.1, -0.05) is 18.2 Å². The number of hydrogen-bond donors (Lipinski definition) is 0. The van der Waals surface area contributed by atoms with E-state index < -0.39 is 0 Å². The summed E-state index contributed by atoms with van der Waals surface area (Å²) in [6.45, 7) is 0. The van der Waals surface area contributed by atoms with Gasteiger partial charge in [-0.05, 0) is 42.5 Å². The summed E-state index contributed by atoms with van der Waals surface area (Å²) in [6.07, 6.45) is 6.56. The summed E-state index contributed by atoms with van der Waals surface area (Å²) in [5.41, 5.74) is 8.01. The lowest BCUT2D eigenvalue weighted by atomic mass is 10.3. The van der Waals surface area contributed by atoms with Gasteiger partial charge in [-0.25, -0.2) is 19.9 Å². The van der Waals surface area contributed by atoms with Gasteiger partial charge < -0.3 is 4.57 Å². The Hall–Kier alpha value is -4.72. The Bertz CT molecular complexity index is 1640. The Balaban J connectivity index is 1.71. The van der Waals surface area contributed by atoms with Gasteiger partial charge in [0, 0.05) is 18.1 Å². The maximum atomic E-state index is 5.09. The highest BCUT2D eigenvalue weighted by Crippen LogP contribution is 2.35. The van der Waals surface area contributed by atoms with E-state index in [2.05, 4.69) is 53.8 Å². The van der Waals surface area contributed by atoms with Gasteiger partial charge in [-0.2, -0.15) is 0 Å². The number of aromatic nitrogens is 8. The SMILES string of the molecule is c1ccc(-n2c3cccnc3c3nc4c5ncccc5n(-c5ncncn5)c4cc32)cc1. The Morgan fingerprint density at radius 3 is 1.84 bits per heavy atom. The van der Waals surface area contributed by atoms with E-state index in [1.165, 1.54) is 12.7 Å². The van der Waals surface area contributed by atoms with Crippen LogP contribution >= 0.6 is 0 Å². The van der Waals surface area contributed by atoms with Gasteiger partial charge in [0.25, 0.3) is 0 Å². The fraction of sp³-hybridized carbons (Fsp3) is 0. The van der Waals surface area contributed by atoms with E-state index in [4.69, 9.17) is 4.98 Å². The lowest BCUT2D eigenvalue weighted by molar-refractivity contribution is 0.939. The summed E-state index contributed by atoms with van der Waals surface area (Å²) < 4.78 is 4.17. The predicted octanol–water partition coefficient (Wildman–Crippen LogP) is 4.25. The molecule has 0 aliphatic heterocycles. The van der Waals surface area contributed by atoms with Crippen LogP contribution in [0.3, 0.4) is 0 Å². The zero-order valence-electron chi connectivity index (χ0n) is 16.7. The van der Waals surface area contributed by atoms with E-state index in [0.29, 0.717) is 5.95 Å². The molecular formula is C24H14N8. The summed E-state index contributed by atoms with van der Waals surface area (Å²) in [7, 11) is 0. The van der Waals surface area contributed by atoms with E-state index in [0.717, 1.165) is 49.8 Å². The molecule has 0 unspecified atom stereocenters. The molecule has 0 aliphatic carbocycles. The van der Waals surface area contributed by atoms with Crippen LogP contribution in [0.4, 0.5) is 0 Å². The van der Waals surface area contributed by atoms with Crippen molar-refractivity contribution in [2.24, 2.45) is 0 Å². The molecule has 1 aromatic carbocycles. The zero-order valence-corrected chi connectivity index (χ0v) is 16.7. The molecule has 0 saturated heterocycles. The molecule has 0 amide bonds. The molecule has 7 rings (SSSR count). The van der Waals surface area contributed by atoms with E-state index >= 15 is 0 Å². The molecule has 7 aromatic rings. The average Bonchev–Trinajstić information content (AvgIpc) is 3.36. The fourth-order valence-electron chi connectivity index (χ4n) is 4.38. The second-order valence-corrected chi connectivity index (χ2v) is 7.41. The van der Waals surface area contributed by atoms with Crippen LogP contribution in [0.25, 0.3) is 55.8 Å². The molecule has 0 aliphatic rings. The largest absolute Gasteiger partial charge is 0.306 e. The molecule has 0 radical (unpaired) electrons. The first-order valence-corrected chi connectivity index (χ1v) is 10.1. The van der Waals surface area contributed by atoms with Gasteiger partial charge in [0.1, 0.15) is 34.7 Å². The molecule has 6 aromatic heterocycles. The molecule has 8 heteroatoms. The number of rotatable bonds is 2. The van der Waals surface area contributed by atoms with Crippen molar-refractivity contribution in [3.8, 4) is 11.6 Å². The maximum Gasteiger partial charge on any atom is 0.237 e. The molecule has 0 saturated carbocycles. The van der Waals surface area contributed by atoms with Crippen LogP contribution in [-0.4, -0.2) is 39.0 Å². The van der Waals surface area contributed by atoms with Crippen LogP contribution in [0.15, 0.2) is 85.7 Å². The second kappa shape index (κ2) is 6.39. The molecule has 0 bridgehead atoms. The normalized spacial score (nSPS) is 11.8. The first-order valence-electron chi connectivity index (χ1n) is 10.1. The number of pyridine rings is 3. The van der Waals surface area contributed by atoms with Crippen molar-refractivity contribution in [3.05, 3.63) is 85.7 Å². The maximum absolute atomic E-state index is 5.09. The molecular weight excluding hydrogens is 400 g/mol. The van der Waals surface area contributed by atoms with Crippen molar-refractivity contribution >= 4 is 44.1 Å². The topological polar surface area (TPSA) is 87.2 Å². The van der Waals surface area contributed by atoms with E-state index in [9.17, 15) is 0 Å². The van der Waals surface area contributed by atoms with Crippen molar-refractivity contribution in [2.75, 3.05) is 0 Å². The van der Waals surface area contributed by atoms with Crippen molar-refractivity contribution in [2.45, 2.75) is 0 Å². The van der Waals surface area contributed by atoms with Gasteiger partial charge in [-0.15, -0.1) is 0 Å². The highest BCUT2D eigenvalue weighted by atomic mass is 15.2. The van der Waals surface area contributed by atoms with Crippen molar-refractivity contribution < 1.29 is 0 Å². The monoisotopic (exact) mass is 414 g/mol. The van der Waals surface area contributed by atoms with Gasteiger partial charge >= 0.3 is 0 Å². The van der Waals surface area contributed by atoms with Gasteiger partial charge in [0.05, 0.1) is 22.1 Å². The highest BCUT2D eigenvalue weighted by Gasteiger charge is 2.21. The minimum absolute atomic E-state index is 0.523.